The summed E-state index contributed by atoms with van der Waals surface area (Å²) < 4.78 is 5.42. The van der Waals surface area contributed by atoms with E-state index in [0.29, 0.717) is 11.1 Å². The molecule has 2 aliphatic rings. The van der Waals surface area contributed by atoms with Gasteiger partial charge in [0.15, 0.2) is 0 Å². The molecule has 1 saturated heterocycles. The van der Waals surface area contributed by atoms with Gasteiger partial charge in [0.2, 0.25) is 5.91 Å². The van der Waals surface area contributed by atoms with Crippen molar-refractivity contribution < 1.29 is 9.53 Å². The third-order valence-electron chi connectivity index (χ3n) is 7.06. The maximum Gasteiger partial charge on any atom is 0.241 e. The second kappa shape index (κ2) is 10.0. The van der Waals surface area contributed by atoms with Crippen molar-refractivity contribution in [2.75, 3.05) is 36.5 Å². The van der Waals surface area contributed by atoms with Crippen molar-refractivity contribution in [1.82, 2.24) is 5.32 Å². The fourth-order valence-electron chi connectivity index (χ4n) is 5.05. The summed E-state index contributed by atoms with van der Waals surface area (Å²) in [6.07, 6.45) is 2.15. The first-order chi connectivity index (χ1) is 16.9. The Hall–Kier alpha value is -2.86. The molecule has 0 unspecified atom stereocenters. The van der Waals surface area contributed by atoms with E-state index in [2.05, 4.69) is 22.8 Å². The summed E-state index contributed by atoms with van der Waals surface area (Å²) in [7, 11) is 0. The third-order valence-corrected chi connectivity index (χ3v) is 7.30. The molecule has 1 amide bonds. The van der Waals surface area contributed by atoms with E-state index in [1.165, 1.54) is 0 Å². The molecular formula is C29H32ClN3O2. The number of carbonyl (C=O) groups is 1. The Bertz CT molecular complexity index is 1200. The summed E-state index contributed by atoms with van der Waals surface area (Å²) >= 11 is 6.42. The summed E-state index contributed by atoms with van der Waals surface area (Å²) in [5, 5.41) is 7.68. The minimum atomic E-state index is -0.700. The Balaban J connectivity index is 1.39. The number of benzene rings is 3. The molecule has 2 aliphatic heterocycles. The average molecular weight is 490 g/mol. The molecular weight excluding hydrogens is 458 g/mol. The standard InChI is InChI=1S/C29H32ClN3O2/c1-29(2)26-6-4-3-5-24(26)25-12-7-20(30)19-27(25)33(28(29)34)23-10-8-21(9-11-23)31-15-16-32-22-13-17-35-18-14-22/h3-12,19,22,31-32H,13-18H2,1-2H3. The van der Waals surface area contributed by atoms with E-state index in [-0.39, 0.29) is 5.91 Å². The first-order valence-corrected chi connectivity index (χ1v) is 12.7. The molecule has 35 heavy (non-hydrogen) atoms. The van der Waals surface area contributed by atoms with Crippen molar-refractivity contribution in [3.05, 3.63) is 77.3 Å². The molecule has 3 aromatic carbocycles. The molecule has 0 atom stereocenters. The Morgan fingerprint density at radius 2 is 1.71 bits per heavy atom. The Labute approximate surface area is 212 Å². The SMILES string of the molecule is CC1(C)C(=O)N(c2ccc(NCCNC3CCOCC3)cc2)c2cc(Cl)ccc2-c2ccccc21. The van der Waals surface area contributed by atoms with Crippen molar-refractivity contribution in [1.29, 1.82) is 0 Å². The molecule has 5 nitrogen and oxygen atoms in total. The molecule has 0 aliphatic carbocycles. The lowest BCUT2D eigenvalue weighted by Gasteiger charge is -2.30. The van der Waals surface area contributed by atoms with Crippen LogP contribution in [0.25, 0.3) is 11.1 Å². The Kier molecular flexibility index (Phi) is 6.83. The predicted molar refractivity (Wildman–Crippen MR) is 144 cm³/mol. The summed E-state index contributed by atoms with van der Waals surface area (Å²) in [6, 6.07) is 22.6. The molecule has 182 valence electrons. The molecule has 0 aromatic heterocycles. The van der Waals surface area contributed by atoms with Gasteiger partial charge in [0.1, 0.15) is 0 Å². The zero-order valence-corrected chi connectivity index (χ0v) is 21.1. The number of halogens is 1. The van der Waals surface area contributed by atoms with Crippen LogP contribution in [0.4, 0.5) is 17.1 Å². The maximum atomic E-state index is 14.0. The highest BCUT2D eigenvalue weighted by Gasteiger charge is 2.40. The number of hydrogen-bond acceptors (Lipinski definition) is 4. The van der Waals surface area contributed by atoms with Crippen LogP contribution >= 0.6 is 11.6 Å². The van der Waals surface area contributed by atoms with Gasteiger partial charge in [-0.15, -0.1) is 0 Å². The number of nitrogens with one attached hydrogen (secondary N) is 2. The van der Waals surface area contributed by atoms with Gasteiger partial charge in [0, 0.05) is 54.3 Å². The van der Waals surface area contributed by atoms with Gasteiger partial charge >= 0.3 is 0 Å². The fraction of sp³-hybridized carbons (Fsp3) is 0.345. The van der Waals surface area contributed by atoms with Crippen LogP contribution in [0.3, 0.4) is 0 Å². The largest absolute Gasteiger partial charge is 0.384 e. The lowest BCUT2D eigenvalue weighted by Crippen LogP contribution is -2.40. The summed E-state index contributed by atoms with van der Waals surface area (Å²) in [5.74, 6) is 0.0207. The van der Waals surface area contributed by atoms with Crippen LogP contribution in [0.2, 0.25) is 5.02 Å². The van der Waals surface area contributed by atoms with Crippen LogP contribution in [0.1, 0.15) is 32.3 Å². The number of ether oxygens (including phenoxy) is 1. The molecule has 2 heterocycles. The number of amides is 1. The Morgan fingerprint density at radius 1 is 0.971 bits per heavy atom. The van der Waals surface area contributed by atoms with Crippen LogP contribution in [0.15, 0.2) is 66.7 Å². The van der Waals surface area contributed by atoms with Crippen LogP contribution in [0.5, 0.6) is 0 Å². The van der Waals surface area contributed by atoms with Gasteiger partial charge < -0.3 is 15.4 Å². The van der Waals surface area contributed by atoms with Crippen molar-refractivity contribution >= 4 is 34.6 Å². The van der Waals surface area contributed by atoms with Gasteiger partial charge in [0.25, 0.3) is 0 Å². The van der Waals surface area contributed by atoms with E-state index < -0.39 is 5.41 Å². The second-order valence-corrected chi connectivity index (χ2v) is 10.2. The number of rotatable bonds is 6. The highest BCUT2D eigenvalue weighted by atomic mass is 35.5. The number of carbonyl (C=O) groups excluding carboxylic acids is 1. The molecule has 6 heteroatoms. The summed E-state index contributed by atoms with van der Waals surface area (Å²) in [4.78, 5) is 15.8. The quantitative estimate of drug-likeness (QED) is 0.408. The molecule has 1 fully saturated rings. The average Bonchev–Trinajstić information content (AvgIpc) is 2.94. The lowest BCUT2D eigenvalue weighted by molar-refractivity contribution is -0.122. The highest BCUT2D eigenvalue weighted by molar-refractivity contribution is 6.31. The molecule has 3 aromatic rings. The smallest absolute Gasteiger partial charge is 0.241 e. The highest BCUT2D eigenvalue weighted by Crippen LogP contribution is 2.46. The van der Waals surface area contributed by atoms with E-state index in [0.717, 1.165) is 72.9 Å². The summed E-state index contributed by atoms with van der Waals surface area (Å²) in [6.45, 7) is 7.41. The van der Waals surface area contributed by atoms with E-state index in [4.69, 9.17) is 16.3 Å². The normalized spacial score (nSPS) is 17.5. The van der Waals surface area contributed by atoms with E-state index in [1.807, 2.05) is 73.3 Å². The number of anilines is 3. The third kappa shape index (κ3) is 4.81. The predicted octanol–water partition coefficient (Wildman–Crippen LogP) is 6.14. The monoisotopic (exact) mass is 489 g/mol. The summed E-state index contributed by atoms with van der Waals surface area (Å²) in [5.41, 5.74) is 5.05. The van der Waals surface area contributed by atoms with Crippen molar-refractivity contribution in [2.24, 2.45) is 0 Å². The molecule has 0 radical (unpaired) electrons. The van der Waals surface area contributed by atoms with Crippen LogP contribution in [0, 0.1) is 0 Å². The molecule has 0 saturated carbocycles. The van der Waals surface area contributed by atoms with Gasteiger partial charge in [-0.3, -0.25) is 9.69 Å². The first kappa shape index (κ1) is 23.9. The second-order valence-electron chi connectivity index (χ2n) is 9.79. The van der Waals surface area contributed by atoms with Gasteiger partial charge in [-0.05, 0) is 74.2 Å². The van der Waals surface area contributed by atoms with Crippen LogP contribution in [-0.2, 0) is 14.9 Å². The van der Waals surface area contributed by atoms with Gasteiger partial charge in [-0.25, -0.2) is 0 Å². The Morgan fingerprint density at radius 3 is 2.49 bits per heavy atom. The molecule has 5 rings (SSSR count). The van der Waals surface area contributed by atoms with Crippen LogP contribution < -0.4 is 15.5 Å². The minimum absolute atomic E-state index is 0.0207. The van der Waals surface area contributed by atoms with Crippen molar-refractivity contribution in [3.63, 3.8) is 0 Å². The topological polar surface area (TPSA) is 53.6 Å². The zero-order chi connectivity index (χ0) is 24.4. The van der Waals surface area contributed by atoms with Gasteiger partial charge in [-0.1, -0.05) is 41.9 Å². The minimum Gasteiger partial charge on any atom is -0.384 e. The van der Waals surface area contributed by atoms with E-state index in [9.17, 15) is 4.79 Å². The zero-order valence-electron chi connectivity index (χ0n) is 20.3. The molecule has 2 N–H and O–H groups in total. The van der Waals surface area contributed by atoms with Crippen molar-refractivity contribution in [3.8, 4) is 11.1 Å². The van der Waals surface area contributed by atoms with Gasteiger partial charge in [-0.2, -0.15) is 0 Å². The van der Waals surface area contributed by atoms with E-state index in [1.54, 1.807) is 0 Å². The molecule has 0 bridgehead atoms. The van der Waals surface area contributed by atoms with Crippen molar-refractivity contribution in [2.45, 2.75) is 38.1 Å². The van der Waals surface area contributed by atoms with Gasteiger partial charge in [0.05, 0.1) is 11.1 Å². The maximum absolute atomic E-state index is 14.0. The van der Waals surface area contributed by atoms with Crippen LogP contribution in [-0.4, -0.2) is 38.3 Å². The number of fused-ring (bicyclic) bond motifs is 3. The molecule has 0 spiro atoms. The lowest BCUT2D eigenvalue weighted by atomic mass is 9.80. The fourth-order valence-corrected chi connectivity index (χ4v) is 5.22. The number of hydrogen-bond donors (Lipinski definition) is 2. The number of nitrogens with zero attached hydrogens (tertiary/aromatic N) is 1. The van der Waals surface area contributed by atoms with E-state index >= 15 is 0 Å². The first-order valence-electron chi connectivity index (χ1n) is 12.3.